The predicted molar refractivity (Wildman–Crippen MR) is 131 cm³/mol. The highest BCUT2D eigenvalue weighted by molar-refractivity contribution is 7.94. The molecule has 1 atom stereocenters. The second kappa shape index (κ2) is 10.1. The Bertz CT molecular complexity index is 1260. The van der Waals surface area contributed by atoms with Gasteiger partial charge in [-0.2, -0.15) is 0 Å². The largest absolute Gasteiger partial charge is 0.507 e. The Balaban J connectivity index is 1.73. The second-order valence-corrected chi connectivity index (χ2v) is 11.3. The Hall–Kier alpha value is -2.58. The fourth-order valence-corrected chi connectivity index (χ4v) is 6.58. The highest BCUT2D eigenvalue weighted by Crippen LogP contribution is 2.38. The lowest BCUT2D eigenvalue weighted by atomic mass is 9.85. The molecule has 0 saturated heterocycles. The molecule has 4 rings (SSSR count). The maximum atomic E-state index is 13.0. The van der Waals surface area contributed by atoms with Gasteiger partial charge < -0.3 is 9.52 Å². The van der Waals surface area contributed by atoms with Crippen LogP contribution < -0.4 is 10.3 Å². The van der Waals surface area contributed by atoms with Gasteiger partial charge in [0.2, 0.25) is 0 Å². The molecule has 0 saturated carbocycles. The van der Waals surface area contributed by atoms with E-state index in [-0.39, 0.29) is 15.5 Å². The van der Waals surface area contributed by atoms with Gasteiger partial charge in [0.05, 0.1) is 5.56 Å². The first-order chi connectivity index (χ1) is 15.9. The van der Waals surface area contributed by atoms with Gasteiger partial charge in [-0.25, -0.2) is 13.2 Å². The van der Waals surface area contributed by atoms with E-state index in [1.807, 2.05) is 13.0 Å². The lowest BCUT2D eigenvalue weighted by Crippen LogP contribution is -2.18. The fourth-order valence-electron chi connectivity index (χ4n) is 4.53. The number of fused-ring (bicyclic) bond motifs is 1. The summed E-state index contributed by atoms with van der Waals surface area (Å²) >= 11 is 1.15. The molecule has 1 aromatic carbocycles. The Labute approximate surface area is 198 Å². The Kier molecular flexibility index (Phi) is 7.24. The molecule has 176 valence electrons. The van der Waals surface area contributed by atoms with Crippen molar-refractivity contribution in [1.82, 2.24) is 0 Å². The molecule has 0 fully saturated rings. The van der Waals surface area contributed by atoms with Crippen LogP contribution in [0.15, 0.2) is 55.2 Å². The third-order valence-corrected chi connectivity index (χ3v) is 8.90. The van der Waals surface area contributed by atoms with Crippen molar-refractivity contribution in [2.24, 2.45) is 0 Å². The molecule has 2 N–H and O–H groups in total. The zero-order chi connectivity index (χ0) is 23.4. The van der Waals surface area contributed by atoms with Crippen LogP contribution in [0.4, 0.5) is 5.69 Å². The predicted octanol–water partition coefficient (Wildman–Crippen LogP) is 5.80. The first-order valence-corrected chi connectivity index (χ1v) is 13.8. The zero-order valence-electron chi connectivity index (χ0n) is 18.7. The van der Waals surface area contributed by atoms with Gasteiger partial charge in [0, 0.05) is 23.6 Å². The number of hydrogen-bond donors (Lipinski definition) is 2. The van der Waals surface area contributed by atoms with Crippen LogP contribution in [0.3, 0.4) is 0 Å². The van der Waals surface area contributed by atoms with Crippen molar-refractivity contribution in [3.8, 4) is 5.75 Å². The Morgan fingerprint density at radius 1 is 1.12 bits per heavy atom. The van der Waals surface area contributed by atoms with Crippen molar-refractivity contribution < 1.29 is 17.9 Å². The van der Waals surface area contributed by atoms with Crippen molar-refractivity contribution >= 4 is 27.0 Å². The van der Waals surface area contributed by atoms with Crippen molar-refractivity contribution in [2.45, 2.75) is 68.4 Å². The number of aromatic hydroxyl groups is 1. The summed E-state index contributed by atoms with van der Waals surface area (Å²) in [6, 6.07) is 10.3. The molecule has 33 heavy (non-hydrogen) atoms. The summed E-state index contributed by atoms with van der Waals surface area (Å²) in [5, 5.41) is 12.9. The van der Waals surface area contributed by atoms with Gasteiger partial charge in [-0.15, -0.1) is 11.3 Å². The molecule has 3 aromatic rings. The Morgan fingerprint density at radius 2 is 1.91 bits per heavy atom. The molecule has 1 aliphatic carbocycles. The highest BCUT2D eigenvalue weighted by atomic mass is 32.2. The van der Waals surface area contributed by atoms with E-state index in [4.69, 9.17) is 4.42 Å². The monoisotopic (exact) mass is 487 g/mol. The number of sulfonamides is 1. The SMILES string of the molecule is CCCC(c1cccc(NS(=O)(=O)c2cccs2)c1)c1c(O)c2c(oc1=O)CCCCCC2. The molecule has 8 heteroatoms. The van der Waals surface area contributed by atoms with Gasteiger partial charge in [-0.3, -0.25) is 4.72 Å². The van der Waals surface area contributed by atoms with Gasteiger partial charge in [-0.05, 0) is 54.8 Å². The van der Waals surface area contributed by atoms with E-state index in [1.54, 1.807) is 35.7 Å². The van der Waals surface area contributed by atoms with Crippen LogP contribution in [0.2, 0.25) is 0 Å². The van der Waals surface area contributed by atoms with E-state index < -0.39 is 21.6 Å². The van der Waals surface area contributed by atoms with Crippen molar-refractivity contribution in [3.63, 3.8) is 0 Å². The Morgan fingerprint density at radius 3 is 2.64 bits per heavy atom. The number of benzene rings is 1. The lowest BCUT2D eigenvalue weighted by Gasteiger charge is -2.21. The van der Waals surface area contributed by atoms with Gasteiger partial charge in [0.1, 0.15) is 15.7 Å². The number of hydrogen-bond acceptors (Lipinski definition) is 6. The second-order valence-electron chi connectivity index (χ2n) is 8.47. The summed E-state index contributed by atoms with van der Waals surface area (Å²) in [6.45, 7) is 2.02. The molecule has 0 bridgehead atoms. The molecule has 0 spiro atoms. The molecule has 0 amide bonds. The summed E-state index contributed by atoms with van der Waals surface area (Å²) in [5.74, 6) is 0.257. The van der Waals surface area contributed by atoms with E-state index in [0.717, 1.165) is 54.6 Å². The molecule has 6 nitrogen and oxygen atoms in total. The molecule has 0 aliphatic heterocycles. The minimum Gasteiger partial charge on any atom is -0.507 e. The normalized spacial score (nSPS) is 15.3. The summed E-state index contributed by atoms with van der Waals surface area (Å²) < 4.78 is 33.9. The van der Waals surface area contributed by atoms with E-state index in [1.165, 1.54) is 0 Å². The standard InChI is InChI=1S/C25H29NO5S2/c1-2-9-19(23-24(27)20-12-5-3-4-6-13-21(20)31-25(23)28)17-10-7-11-18(16-17)26-33(29,30)22-14-8-15-32-22/h7-8,10-11,14-16,19,26-27H,2-6,9,12-13H2,1H3. The molecule has 2 heterocycles. The summed E-state index contributed by atoms with van der Waals surface area (Å²) in [4.78, 5) is 13.0. The van der Waals surface area contributed by atoms with Crippen LogP contribution in [0.1, 0.15) is 73.8 Å². The van der Waals surface area contributed by atoms with E-state index >= 15 is 0 Å². The highest BCUT2D eigenvalue weighted by Gasteiger charge is 2.27. The van der Waals surface area contributed by atoms with Crippen LogP contribution in [0.25, 0.3) is 0 Å². The fraction of sp³-hybridized carbons (Fsp3) is 0.400. The molecule has 0 radical (unpaired) electrons. The quantitative estimate of drug-likeness (QED) is 0.439. The first kappa shape index (κ1) is 23.6. The first-order valence-electron chi connectivity index (χ1n) is 11.4. The molecule has 1 unspecified atom stereocenters. The number of nitrogens with one attached hydrogen (secondary N) is 1. The topological polar surface area (TPSA) is 96.6 Å². The third-order valence-electron chi connectivity index (χ3n) is 6.12. The van der Waals surface area contributed by atoms with Crippen LogP contribution in [-0.2, 0) is 22.9 Å². The number of aryl methyl sites for hydroxylation is 1. The van der Waals surface area contributed by atoms with E-state index in [0.29, 0.717) is 30.7 Å². The molecule has 2 aromatic heterocycles. The van der Waals surface area contributed by atoms with Crippen molar-refractivity contribution in [3.05, 3.63) is 74.6 Å². The van der Waals surface area contributed by atoms with Crippen LogP contribution in [-0.4, -0.2) is 13.5 Å². The average molecular weight is 488 g/mol. The van der Waals surface area contributed by atoms with Gasteiger partial charge in [0.15, 0.2) is 0 Å². The maximum Gasteiger partial charge on any atom is 0.343 e. The summed E-state index contributed by atoms with van der Waals surface area (Å²) in [6.07, 6.45) is 6.85. The van der Waals surface area contributed by atoms with Crippen molar-refractivity contribution in [1.29, 1.82) is 0 Å². The number of thiophene rings is 1. The number of anilines is 1. The lowest BCUT2D eigenvalue weighted by molar-refractivity contribution is 0.383. The number of rotatable bonds is 7. The van der Waals surface area contributed by atoms with E-state index in [9.17, 15) is 18.3 Å². The van der Waals surface area contributed by atoms with Crippen LogP contribution in [0, 0.1) is 0 Å². The smallest absolute Gasteiger partial charge is 0.343 e. The van der Waals surface area contributed by atoms with Crippen LogP contribution in [0.5, 0.6) is 5.75 Å². The molecular weight excluding hydrogens is 458 g/mol. The van der Waals surface area contributed by atoms with Crippen molar-refractivity contribution in [2.75, 3.05) is 4.72 Å². The van der Waals surface area contributed by atoms with Gasteiger partial charge in [-0.1, -0.05) is 44.4 Å². The molecule has 1 aliphatic rings. The summed E-state index contributed by atoms with van der Waals surface area (Å²) in [5.41, 5.74) is 1.69. The zero-order valence-corrected chi connectivity index (χ0v) is 20.3. The van der Waals surface area contributed by atoms with Crippen LogP contribution >= 0.6 is 11.3 Å². The van der Waals surface area contributed by atoms with E-state index in [2.05, 4.69) is 4.72 Å². The minimum absolute atomic E-state index is 0.0474. The van der Waals surface area contributed by atoms with Gasteiger partial charge >= 0.3 is 5.63 Å². The summed E-state index contributed by atoms with van der Waals surface area (Å²) in [7, 11) is -3.69. The molecular formula is C25H29NO5S2. The maximum absolute atomic E-state index is 13.0. The minimum atomic E-state index is -3.69. The van der Waals surface area contributed by atoms with Gasteiger partial charge in [0.25, 0.3) is 10.0 Å². The third kappa shape index (κ3) is 5.17. The average Bonchev–Trinajstić information content (AvgIpc) is 3.30.